The molecular weight excluding hydrogens is 403 g/mol. The van der Waals surface area contributed by atoms with Gasteiger partial charge in [0.15, 0.2) is 17.5 Å². The van der Waals surface area contributed by atoms with E-state index in [1.54, 1.807) is 0 Å². The molecule has 3 rings (SSSR count). The Morgan fingerprint density at radius 2 is 2.03 bits per heavy atom. The maximum atomic E-state index is 14.2. The summed E-state index contributed by atoms with van der Waals surface area (Å²) < 4.78 is 46.1. The number of aldehydes is 1. The van der Waals surface area contributed by atoms with E-state index in [0.717, 1.165) is 45.5 Å². The zero-order valence-corrected chi connectivity index (χ0v) is 16.1. The molecule has 0 bridgehead atoms. The number of nitrogens with two attached hydrogens (primary N) is 1. The molecule has 0 spiro atoms. The van der Waals surface area contributed by atoms with Gasteiger partial charge in [0, 0.05) is 31.4 Å². The van der Waals surface area contributed by atoms with Crippen LogP contribution in [-0.4, -0.2) is 59.7 Å². The Labute approximate surface area is 170 Å². The first-order valence-corrected chi connectivity index (χ1v) is 9.16. The van der Waals surface area contributed by atoms with Crippen LogP contribution >= 0.6 is 0 Å². The van der Waals surface area contributed by atoms with Crippen molar-refractivity contribution in [3.8, 4) is 5.75 Å². The number of nitrogens with one attached hydrogen (secondary N) is 1. The second kappa shape index (κ2) is 9.08. The predicted molar refractivity (Wildman–Crippen MR) is 102 cm³/mol. The Morgan fingerprint density at radius 3 is 2.63 bits per heavy atom. The lowest BCUT2D eigenvalue weighted by Gasteiger charge is -2.31. The number of piperidine rings is 1. The molecule has 8 nitrogen and oxygen atoms in total. The van der Waals surface area contributed by atoms with Crippen LogP contribution in [0.15, 0.2) is 12.3 Å². The molecule has 0 saturated carbocycles. The Balaban J connectivity index is 1.79. The molecule has 2 heterocycles. The lowest BCUT2D eigenvalue weighted by molar-refractivity contribution is -0.109. The second-order valence-electron chi connectivity index (χ2n) is 6.77. The lowest BCUT2D eigenvalue weighted by Crippen LogP contribution is -2.40. The van der Waals surface area contributed by atoms with Gasteiger partial charge in [0.05, 0.1) is 19.2 Å². The highest BCUT2D eigenvalue weighted by atomic mass is 19.2. The third kappa shape index (κ3) is 4.35. The molecule has 160 valence electrons. The van der Waals surface area contributed by atoms with Crippen LogP contribution < -0.4 is 15.8 Å². The number of ketones is 1. The number of benzene rings is 1. The van der Waals surface area contributed by atoms with E-state index < -0.39 is 34.5 Å². The number of hydrogen-bond donors (Lipinski definition) is 2. The number of rotatable bonds is 7. The summed E-state index contributed by atoms with van der Waals surface area (Å²) in [6.07, 6.45) is 3.47. The summed E-state index contributed by atoms with van der Waals surface area (Å²) in [5.41, 5.74) is 4.78. The Hall–Kier alpha value is -3.21. The van der Waals surface area contributed by atoms with E-state index in [2.05, 4.69) is 15.3 Å². The zero-order valence-electron chi connectivity index (χ0n) is 16.1. The largest absolute Gasteiger partial charge is 0.496 e. The molecule has 1 aromatic heterocycles. The van der Waals surface area contributed by atoms with Crippen molar-refractivity contribution in [1.82, 2.24) is 14.9 Å². The molecule has 1 aliphatic rings. The molecule has 11 heteroatoms. The summed E-state index contributed by atoms with van der Waals surface area (Å²) in [7, 11) is 1.09. The van der Waals surface area contributed by atoms with Crippen molar-refractivity contribution < 1.29 is 27.5 Å². The standard InChI is InChI=1S/C19H20F3N5O3/c1-30-13-8-12(20)15(21)16(22)14(13)17(29)11-9-24-19(26-18(11)23)25-10-2-4-27(5-3-10)6-7-28/h7-10H,2-6H2,1H3,(H3,23,24,25,26). The maximum Gasteiger partial charge on any atom is 0.224 e. The van der Waals surface area contributed by atoms with Gasteiger partial charge in [0.25, 0.3) is 0 Å². The van der Waals surface area contributed by atoms with Crippen LogP contribution in [0, 0.1) is 17.5 Å². The van der Waals surface area contributed by atoms with Crippen molar-refractivity contribution in [2.75, 3.05) is 37.8 Å². The minimum Gasteiger partial charge on any atom is -0.496 e. The van der Waals surface area contributed by atoms with E-state index in [1.807, 2.05) is 4.90 Å². The molecule has 0 aliphatic carbocycles. The number of carbonyl (C=O) groups is 2. The summed E-state index contributed by atoms with van der Waals surface area (Å²) in [5.74, 6) is -6.53. The van der Waals surface area contributed by atoms with Gasteiger partial charge < -0.3 is 20.6 Å². The van der Waals surface area contributed by atoms with Gasteiger partial charge in [-0.15, -0.1) is 0 Å². The first-order chi connectivity index (χ1) is 14.3. The highest BCUT2D eigenvalue weighted by molar-refractivity contribution is 6.13. The quantitative estimate of drug-likeness (QED) is 0.394. The monoisotopic (exact) mass is 423 g/mol. The molecule has 0 radical (unpaired) electrons. The number of likely N-dealkylation sites (tertiary alicyclic amines) is 1. The van der Waals surface area contributed by atoms with Crippen molar-refractivity contribution in [3.63, 3.8) is 0 Å². The highest BCUT2D eigenvalue weighted by Gasteiger charge is 2.28. The van der Waals surface area contributed by atoms with Gasteiger partial charge in [0.1, 0.15) is 23.4 Å². The van der Waals surface area contributed by atoms with E-state index in [0.29, 0.717) is 12.6 Å². The molecular formula is C19H20F3N5O3. The summed E-state index contributed by atoms with van der Waals surface area (Å²) in [4.78, 5) is 33.4. The molecule has 0 amide bonds. The molecule has 2 aromatic rings. The molecule has 30 heavy (non-hydrogen) atoms. The molecule has 3 N–H and O–H groups in total. The number of methoxy groups -OCH3 is 1. The lowest BCUT2D eigenvalue weighted by atomic mass is 10.0. The van der Waals surface area contributed by atoms with E-state index >= 15 is 0 Å². The van der Waals surface area contributed by atoms with Gasteiger partial charge >= 0.3 is 0 Å². The molecule has 1 aliphatic heterocycles. The number of nitrogens with zero attached hydrogens (tertiary/aromatic N) is 3. The second-order valence-corrected chi connectivity index (χ2v) is 6.77. The van der Waals surface area contributed by atoms with E-state index in [-0.39, 0.29) is 23.4 Å². The third-order valence-corrected chi connectivity index (χ3v) is 4.89. The average Bonchev–Trinajstić information content (AvgIpc) is 2.73. The number of aromatic nitrogens is 2. The van der Waals surface area contributed by atoms with Gasteiger partial charge in [-0.2, -0.15) is 4.98 Å². The van der Waals surface area contributed by atoms with Crippen LogP contribution in [0.3, 0.4) is 0 Å². The molecule has 1 aromatic carbocycles. The highest BCUT2D eigenvalue weighted by Crippen LogP contribution is 2.29. The summed E-state index contributed by atoms with van der Waals surface area (Å²) in [5, 5.41) is 3.10. The Kier molecular flexibility index (Phi) is 6.50. The number of hydrogen-bond acceptors (Lipinski definition) is 8. The fraction of sp³-hybridized carbons (Fsp3) is 0.368. The molecule has 0 atom stereocenters. The van der Waals surface area contributed by atoms with Crippen LogP contribution in [0.2, 0.25) is 0 Å². The Morgan fingerprint density at radius 1 is 1.33 bits per heavy atom. The minimum absolute atomic E-state index is 0.0533. The number of halogens is 3. The summed E-state index contributed by atoms with van der Waals surface area (Å²) in [6.45, 7) is 1.85. The number of ether oxygens (including phenoxy) is 1. The number of carbonyl (C=O) groups excluding carboxylic acids is 2. The molecule has 1 fully saturated rings. The van der Waals surface area contributed by atoms with Crippen LogP contribution in [0.4, 0.5) is 24.9 Å². The minimum atomic E-state index is -1.79. The van der Waals surface area contributed by atoms with Gasteiger partial charge in [0.2, 0.25) is 11.7 Å². The number of anilines is 2. The fourth-order valence-corrected chi connectivity index (χ4v) is 3.27. The molecule has 1 saturated heterocycles. The van der Waals surface area contributed by atoms with Crippen LogP contribution in [0.1, 0.15) is 28.8 Å². The van der Waals surface area contributed by atoms with Gasteiger partial charge in [-0.1, -0.05) is 0 Å². The smallest absolute Gasteiger partial charge is 0.224 e. The summed E-state index contributed by atoms with van der Waals surface area (Å²) >= 11 is 0. The number of nitrogen functional groups attached to an aromatic ring is 1. The van der Waals surface area contributed by atoms with Crippen molar-refractivity contribution in [3.05, 3.63) is 40.8 Å². The first kappa shape index (κ1) is 21.5. The van der Waals surface area contributed by atoms with Crippen molar-refractivity contribution in [1.29, 1.82) is 0 Å². The normalized spacial score (nSPS) is 15.1. The van der Waals surface area contributed by atoms with Crippen molar-refractivity contribution in [2.24, 2.45) is 0 Å². The van der Waals surface area contributed by atoms with Gasteiger partial charge in [-0.05, 0) is 12.8 Å². The SMILES string of the molecule is COc1cc(F)c(F)c(F)c1C(=O)c1cnc(NC2CCN(CC=O)CC2)nc1N. The fourth-order valence-electron chi connectivity index (χ4n) is 3.27. The van der Waals surface area contributed by atoms with E-state index in [9.17, 15) is 22.8 Å². The zero-order chi connectivity index (χ0) is 21.8. The predicted octanol–water partition coefficient (Wildman–Crippen LogP) is 1.79. The average molecular weight is 423 g/mol. The topological polar surface area (TPSA) is 110 Å². The van der Waals surface area contributed by atoms with Crippen molar-refractivity contribution in [2.45, 2.75) is 18.9 Å². The third-order valence-electron chi connectivity index (χ3n) is 4.89. The van der Waals surface area contributed by atoms with E-state index in [4.69, 9.17) is 10.5 Å². The van der Waals surface area contributed by atoms with E-state index in [1.165, 1.54) is 0 Å². The molecule has 0 unspecified atom stereocenters. The summed E-state index contributed by atoms with van der Waals surface area (Å²) in [6, 6.07) is 0.632. The Bertz CT molecular complexity index is 965. The maximum absolute atomic E-state index is 14.2. The van der Waals surface area contributed by atoms with Crippen LogP contribution in [-0.2, 0) is 4.79 Å². The van der Waals surface area contributed by atoms with Crippen LogP contribution in [0.5, 0.6) is 5.75 Å². The van der Waals surface area contributed by atoms with Crippen LogP contribution in [0.25, 0.3) is 0 Å². The first-order valence-electron chi connectivity index (χ1n) is 9.16. The van der Waals surface area contributed by atoms with Crippen molar-refractivity contribution >= 4 is 23.8 Å². The van der Waals surface area contributed by atoms with Gasteiger partial charge in [-0.25, -0.2) is 18.2 Å². The van der Waals surface area contributed by atoms with Gasteiger partial charge in [-0.3, -0.25) is 9.69 Å².